The van der Waals surface area contributed by atoms with Crippen LogP contribution in [0, 0.1) is 6.07 Å². The second-order valence-corrected chi connectivity index (χ2v) is 4.43. The molecule has 0 aliphatic heterocycles. The van der Waals surface area contributed by atoms with E-state index >= 15 is 0 Å². The quantitative estimate of drug-likeness (QED) is 0.722. The van der Waals surface area contributed by atoms with Gasteiger partial charge in [-0.1, -0.05) is 18.2 Å². The number of rotatable bonds is 5. The molecule has 1 amide bonds. The number of primary amides is 1. The molecule has 0 unspecified atom stereocenters. The van der Waals surface area contributed by atoms with Gasteiger partial charge in [0, 0.05) is 30.4 Å². The molecule has 0 saturated carbocycles. The van der Waals surface area contributed by atoms with Crippen LogP contribution >= 0.6 is 0 Å². The number of nitrogens with one attached hydrogen (secondary N) is 1. The number of carbonyl (C=O) groups is 1. The van der Waals surface area contributed by atoms with Crippen LogP contribution < -0.4 is 11.1 Å². The Morgan fingerprint density at radius 1 is 1.38 bits per heavy atom. The van der Waals surface area contributed by atoms with Crippen molar-refractivity contribution in [3.63, 3.8) is 0 Å². The lowest BCUT2D eigenvalue weighted by Crippen LogP contribution is -2.15. The number of para-hydroxylation sites is 1. The lowest BCUT2D eigenvalue weighted by atomic mass is 10.2. The van der Waals surface area contributed by atoms with E-state index in [0.717, 1.165) is 10.9 Å². The Kier molecular flexibility index (Phi) is 3.46. The normalized spacial score (nSPS) is 10.7. The molecular weight excluding hydrogens is 268 g/mol. The van der Waals surface area contributed by atoms with E-state index in [1.807, 2.05) is 24.3 Å². The smallest absolute Gasteiger partial charge is 0.269 e. The number of anilines is 1. The molecule has 3 rings (SSSR count). The monoisotopic (exact) mass is 281 g/mol. The van der Waals surface area contributed by atoms with Crippen molar-refractivity contribution in [2.24, 2.45) is 5.73 Å². The molecule has 7 heteroatoms. The van der Waals surface area contributed by atoms with Crippen molar-refractivity contribution in [2.75, 3.05) is 11.9 Å². The summed E-state index contributed by atoms with van der Waals surface area (Å²) in [6.45, 7) is 1.13. The van der Waals surface area contributed by atoms with E-state index in [-0.39, 0.29) is 5.69 Å². The fourth-order valence-electron chi connectivity index (χ4n) is 1.90. The first-order chi connectivity index (χ1) is 10.2. The first kappa shape index (κ1) is 13.0. The molecule has 3 N–H and O–H groups in total. The van der Waals surface area contributed by atoms with Gasteiger partial charge in [0.1, 0.15) is 0 Å². The van der Waals surface area contributed by atoms with Gasteiger partial charge in [0.2, 0.25) is 5.95 Å². The van der Waals surface area contributed by atoms with E-state index in [1.54, 1.807) is 17.1 Å². The van der Waals surface area contributed by atoms with Crippen LogP contribution in [0.3, 0.4) is 0 Å². The summed E-state index contributed by atoms with van der Waals surface area (Å²) in [6, 6.07) is 10.5. The van der Waals surface area contributed by atoms with Crippen molar-refractivity contribution in [3.8, 4) is 0 Å². The zero-order valence-electron chi connectivity index (χ0n) is 11.2. The second-order valence-electron chi connectivity index (χ2n) is 4.43. The maximum absolute atomic E-state index is 10.9. The molecule has 3 aromatic rings. The highest BCUT2D eigenvalue weighted by molar-refractivity contribution is 5.90. The zero-order chi connectivity index (χ0) is 14.7. The lowest BCUT2D eigenvalue weighted by Gasteiger charge is -2.05. The number of hydrogen-bond donors (Lipinski definition) is 2. The molecule has 7 nitrogen and oxygen atoms in total. The molecule has 0 aliphatic carbocycles. The first-order valence-corrected chi connectivity index (χ1v) is 6.43. The van der Waals surface area contributed by atoms with Gasteiger partial charge in [-0.15, -0.1) is 0 Å². The second kappa shape index (κ2) is 5.58. The van der Waals surface area contributed by atoms with Gasteiger partial charge >= 0.3 is 0 Å². The topological polar surface area (TPSA) is 98.7 Å². The Balaban J connectivity index is 1.62. The third kappa shape index (κ3) is 2.97. The molecule has 0 saturated heterocycles. The average Bonchev–Trinajstić information content (AvgIpc) is 2.96. The van der Waals surface area contributed by atoms with E-state index in [4.69, 9.17) is 5.73 Å². The molecule has 105 valence electrons. The van der Waals surface area contributed by atoms with Crippen molar-refractivity contribution in [2.45, 2.75) is 6.54 Å². The molecule has 2 aromatic heterocycles. The first-order valence-electron chi connectivity index (χ1n) is 6.43. The number of amides is 1. The van der Waals surface area contributed by atoms with E-state index in [2.05, 4.69) is 26.4 Å². The molecule has 0 aliphatic rings. The van der Waals surface area contributed by atoms with Gasteiger partial charge in [-0.2, -0.15) is 5.10 Å². The van der Waals surface area contributed by atoms with E-state index in [0.29, 0.717) is 19.0 Å². The average molecular weight is 281 g/mol. The third-order valence-corrected chi connectivity index (χ3v) is 2.93. The number of carbonyl (C=O) groups excluding carboxylic acids is 1. The predicted molar refractivity (Wildman–Crippen MR) is 77.6 cm³/mol. The van der Waals surface area contributed by atoms with Gasteiger partial charge in [0.05, 0.1) is 12.1 Å². The highest BCUT2D eigenvalue weighted by atomic mass is 16.1. The Bertz CT molecular complexity index is 782. The summed E-state index contributed by atoms with van der Waals surface area (Å²) in [4.78, 5) is 19.6. The SMILES string of the molecule is NC(=O)c1[c]cn(CCNc2ncc3ccccc3n2)n1. The van der Waals surface area contributed by atoms with Crippen LogP contribution in [0.25, 0.3) is 10.9 Å². The minimum absolute atomic E-state index is 0.136. The summed E-state index contributed by atoms with van der Waals surface area (Å²) in [5, 5.41) is 8.10. The van der Waals surface area contributed by atoms with Crippen LogP contribution in [0.4, 0.5) is 5.95 Å². The van der Waals surface area contributed by atoms with Crippen LogP contribution in [0.5, 0.6) is 0 Å². The minimum Gasteiger partial charge on any atom is -0.364 e. The van der Waals surface area contributed by atoms with Gasteiger partial charge < -0.3 is 11.1 Å². The number of hydrogen-bond acceptors (Lipinski definition) is 5. The standard InChI is InChI=1S/C14H13N6O/c15-13(21)12-5-7-20(19-12)8-6-16-14-17-9-10-3-1-2-4-11(10)18-14/h1-4,7,9H,6,8H2,(H2,15,21)(H,16,17,18). The molecule has 0 bridgehead atoms. The van der Waals surface area contributed by atoms with Crippen LogP contribution in [-0.2, 0) is 6.54 Å². The zero-order valence-corrected chi connectivity index (χ0v) is 11.2. The maximum Gasteiger partial charge on any atom is 0.269 e. The summed E-state index contributed by atoms with van der Waals surface area (Å²) in [6.07, 6.45) is 3.36. The van der Waals surface area contributed by atoms with E-state index in [9.17, 15) is 4.79 Å². The summed E-state index contributed by atoms with van der Waals surface area (Å²) < 4.78 is 1.59. The Morgan fingerprint density at radius 3 is 3.05 bits per heavy atom. The third-order valence-electron chi connectivity index (χ3n) is 2.93. The fraction of sp³-hybridized carbons (Fsp3) is 0.143. The molecule has 0 atom stereocenters. The number of fused-ring (bicyclic) bond motifs is 1. The van der Waals surface area contributed by atoms with Crippen LogP contribution in [0.15, 0.2) is 36.7 Å². The number of benzene rings is 1. The fourth-order valence-corrected chi connectivity index (χ4v) is 1.90. The highest BCUT2D eigenvalue weighted by Gasteiger charge is 2.05. The van der Waals surface area contributed by atoms with Crippen LogP contribution in [0.1, 0.15) is 10.5 Å². The van der Waals surface area contributed by atoms with Crippen molar-refractivity contribution in [3.05, 3.63) is 48.4 Å². The number of nitrogens with two attached hydrogens (primary N) is 1. The molecule has 1 aromatic carbocycles. The molecular formula is C14H13N6O. The Morgan fingerprint density at radius 2 is 2.24 bits per heavy atom. The van der Waals surface area contributed by atoms with Crippen molar-refractivity contribution in [1.29, 1.82) is 0 Å². The molecule has 2 heterocycles. The van der Waals surface area contributed by atoms with Crippen molar-refractivity contribution < 1.29 is 4.79 Å². The highest BCUT2D eigenvalue weighted by Crippen LogP contribution is 2.11. The Labute approximate surface area is 120 Å². The van der Waals surface area contributed by atoms with Crippen LogP contribution in [0.2, 0.25) is 0 Å². The molecule has 0 fully saturated rings. The van der Waals surface area contributed by atoms with Crippen LogP contribution in [-0.4, -0.2) is 32.2 Å². The van der Waals surface area contributed by atoms with Gasteiger partial charge in [-0.05, 0) is 6.07 Å². The van der Waals surface area contributed by atoms with E-state index < -0.39 is 5.91 Å². The molecule has 1 radical (unpaired) electrons. The van der Waals surface area contributed by atoms with Gasteiger partial charge in [0.15, 0.2) is 5.69 Å². The van der Waals surface area contributed by atoms with Gasteiger partial charge in [0.25, 0.3) is 5.91 Å². The maximum atomic E-state index is 10.9. The number of aromatic nitrogens is 4. The summed E-state index contributed by atoms with van der Waals surface area (Å²) >= 11 is 0. The molecule has 21 heavy (non-hydrogen) atoms. The largest absolute Gasteiger partial charge is 0.364 e. The summed E-state index contributed by atoms with van der Waals surface area (Å²) in [5.41, 5.74) is 6.14. The lowest BCUT2D eigenvalue weighted by molar-refractivity contribution is 0.0994. The van der Waals surface area contributed by atoms with Crippen molar-refractivity contribution >= 4 is 22.8 Å². The summed E-state index contributed by atoms with van der Waals surface area (Å²) in [5.74, 6) is -0.0282. The van der Waals surface area contributed by atoms with Gasteiger partial charge in [-0.25, -0.2) is 9.97 Å². The summed E-state index contributed by atoms with van der Waals surface area (Å²) in [7, 11) is 0. The number of nitrogens with zero attached hydrogens (tertiary/aromatic N) is 4. The Hall–Kier alpha value is -2.96. The van der Waals surface area contributed by atoms with Gasteiger partial charge in [-0.3, -0.25) is 9.48 Å². The minimum atomic E-state index is -0.584. The predicted octanol–water partition coefficient (Wildman–Crippen LogP) is 0.837. The van der Waals surface area contributed by atoms with E-state index in [1.165, 1.54) is 0 Å². The van der Waals surface area contributed by atoms with Crippen molar-refractivity contribution in [1.82, 2.24) is 19.7 Å². The molecule has 0 spiro atoms.